The molecule has 1 aliphatic heterocycles. The highest BCUT2D eigenvalue weighted by Crippen LogP contribution is 2.27. The third kappa shape index (κ3) is 2.32. The summed E-state index contributed by atoms with van der Waals surface area (Å²) in [7, 11) is -3.47. The molecular weight excluding hydrogens is 272 g/mol. The monoisotopic (exact) mass is 290 g/mol. The lowest BCUT2D eigenvalue weighted by atomic mass is 10.1. The second-order valence-corrected chi connectivity index (χ2v) is 7.15. The number of sulfonamides is 1. The van der Waals surface area contributed by atoms with Crippen molar-refractivity contribution in [2.45, 2.75) is 23.8 Å². The Labute approximate surface area is 119 Å². The van der Waals surface area contributed by atoms with Crippen molar-refractivity contribution in [1.29, 1.82) is 0 Å². The van der Waals surface area contributed by atoms with Crippen LogP contribution in [-0.2, 0) is 10.0 Å². The lowest BCUT2D eigenvalue weighted by Gasteiger charge is -2.30. The van der Waals surface area contributed by atoms with Gasteiger partial charge in [0.05, 0.1) is 4.90 Å². The Balaban J connectivity index is 2.09. The second kappa shape index (κ2) is 5.16. The van der Waals surface area contributed by atoms with Gasteiger partial charge in [0.15, 0.2) is 0 Å². The fourth-order valence-corrected chi connectivity index (χ4v) is 4.50. The average molecular weight is 290 g/mol. The minimum absolute atomic E-state index is 0.0616. The molecule has 0 unspecified atom stereocenters. The zero-order valence-corrected chi connectivity index (χ0v) is 12.0. The van der Waals surface area contributed by atoms with Crippen LogP contribution in [0.25, 0.3) is 10.8 Å². The van der Waals surface area contributed by atoms with E-state index in [2.05, 4.69) is 0 Å². The molecule has 2 aromatic carbocycles. The van der Waals surface area contributed by atoms with Crippen molar-refractivity contribution in [3.05, 3.63) is 42.5 Å². The van der Waals surface area contributed by atoms with Gasteiger partial charge in [-0.05, 0) is 24.3 Å². The van der Waals surface area contributed by atoms with Gasteiger partial charge >= 0.3 is 0 Å². The number of rotatable bonds is 2. The Morgan fingerprint density at radius 2 is 1.85 bits per heavy atom. The Hall–Kier alpha value is -1.43. The van der Waals surface area contributed by atoms with Crippen molar-refractivity contribution in [2.75, 3.05) is 13.1 Å². The van der Waals surface area contributed by atoms with Crippen molar-refractivity contribution in [3.63, 3.8) is 0 Å². The third-order valence-corrected chi connectivity index (χ3v) is 5.71. The van der Waals surface area contributed by atoms with E-state index in [0.717, 1.165) is 23.6 Å². The number of hydrogen-bond donors (Lipinski definition) is 1. The van der Waals surface area contributed by atoms with Gasteiger partial charge in [0, 0.05) is 24.5 Å². The largest absolute Gasteiger partial charge is 0.327 e. The minimum atomic E-state index is -3.47. The summed E-state index contributed by atoms with van der Waals surface area (Å²) in [6, 6.07) is 12.9. The molecule has 1 fully saturated rings. The maximum Gasteiger partial charge on any atom is 0.243 e. The molecule has 4 nitrogen and oxygen atoms in total. The van der Waals surface area contributed by atoms with Gasteiger partial charge < -0.3 is 5.73 Å². The second-order valence-electron chi connectivity index (χ2n) is 5.24. The first-order chi connectivity index (χ1) is 9.59. The number of nitrogens with two attached hydrogens (primary N) is 1. The number of hydrogen-bond acceptors (Lipinski definition) is 3. The molecule has 0 radical (unpaired) electrons. The fraction of sp³-hybridized carbons (Fsp3) is 0.333. The Kier molecular flexibility index (Phi) is 3.50. The summed E-state index contributed by atoms with van der Waals surface area (Å²) < 4.78 is 27.2. The van der Waals surface area contributed by atoms with E-state index in [9.17, 15) is 8.42 Å². The number of nitrogens with zero attached hydrogens (tertiary/aromatic N) is 1. The van der Waals surface area contributed by atoms with E-state index in [1.54, 1.807) is 12.1 Å². The molecule has 0 bridgehead atoms. The highest BCUT2D eigenvalue weighted by Gasteiger charge is 2.29. The highest BCUT2D eigenvalue weighted by atomic mass is 32.2. The lowest BCUT2D eigenvalue weighted by Crippen LogP contribution is -2.45. The molecule has 5 heteroatoms. The first kappa shape index (κ1) is 13.5. The molecule has 2 aromatic rings. The summed E-state index contributed by atoms with van der Waals surface area (Å²) in [5.41, 5.74) is 5.91. The molecule has 2 N–H and O–H groups in total. The third-order valence-electron chi connectivity index (χ3n) is 3.79. The highest BCUT2D eigenvalue weighted by molar-refractivity contribution is 7.89. The van der Waals surface area contributed by atoms with Crippen LogP contribution in [0.5, 0.6) is 0 Å². The number of piperidine rings is 1. The standard InChI is InChI=1S/C15H18N2O2S/c16-13-7-4-10-17(11-13)20(18,19)15-9-3-6-12-5-1-2-8-14(12)15/h1-3,5-6,8-9,13H,4,7,10-11,16H2/t13-/m1/s1. The fourth-order valence-electron chi connectivity index (χ4n) is 2.75. The quantitative estimate of drug-likeness (QED) is 0.919. The van der Waals surface area contributed by atoms with Crippen LogP contribution < -0.4 is 5.73 Å². The van der Waals surface area contributed by atoms with Crippen LogP contribution >= 0.6 is 0 Å². The van der Waals surface area contributed by atoms with Gasteiger partial charge in [-0.25, -0.2) is 8.42 Å². The molecule has 1 aliphatic rings. The van der Waals surface area contributed by atoms with E-state index in [4.69, 9.17) is 5.73 Å². The van der Waals surface area contributed by atoms with Crippen molar-refractivity contribution >= 4 is 20.8 Å². The van der Waals surface area contributed by atoms with Gasteiger partial charge in [0.25, 0.3) is 0 Å². The Morgan fingerprint density at radius 3 is 2.65 bits per heavy atom. The molecule has 1 saturated heterocycles. The molecule has 106 valence electrons. The minimum Gasteiger partial charge on any atom is -0.327 e. The van der Waals surface area contributed by atoms with Crippen molar-refractivity contribution in [1.82, 2.24) is 4.31 Å². The Bertz CT molecular complexity index is 722. The van der Waals surface area contributed by atoms with Gasteiger partial charge in [0.2, 0.25) is 10.0 Å². The van der Waals surface area contributed by atoms with Crippen LogP contribution in [0.2, 0.25) is 0 Å². The van der Waals surface area contributed by atoms with Crippen molar-refractivity contribution in [3.8, 4) is 0 Å². The van der Waals surface area contributed by atoms with E-state index in [0.29, 0.717) is 18.0 Å². The first-order valence-electron chi connectivity index (χ1n) is 6.82. The van der Waals surface area contributed by atoms with E-state index >= 15 is 0 Å². The van der Waals surface area contributed by atoms with Crippen LogP contribution in [0.4, 0.5) is 0 Å². The maximum absolute atomic E-state index is 12.8. The topological polar surface area (TPSA) is 63.4 Å². The zero-order chi connectivity index (χ0) is 14.2. The predicted octanol–water partition coefficient (Wildman–Crippen LogP) is 1.95. The van der Waals surface area contributed by atoms with Gasteiger partial charge in [0.1, 0.15) is 0 Å². The van der Waals surface area contributed by atoms with Crippen LogP contribution in [-0.4, -0.2) is 31.9 Å². The summed E-state index contributed by atoms with van der Waals surface area (Å²) >= 11 is 0. The zero-order valence-electron chi connectivity index (χ0n) is 11.2. The molecule has 0 saturated carbocycles. The molecule has 0 aliphatic carbocycles. The summed E-state index contributed by atoms with van der Waals surface area (Å²) in [5.74, 6) is 0. The van der Waals surface area contributed by atoms with Crippen molar-refractivity contribution in [2.24, 2.45) is 5.73 Å². The van der Waals surface area contributed by atoms with E-state index < -0.39 is 10.0 Å². The van der Waals surface area contributed by atoms with Gasteiger partial charge in [-0.3, -0.25) is 0 Å². The first-order valence-corrected chi connectivity index (χ1v) is 8.26. The van der Waals surface area contributed by atoms with Gasteiger partial charge in [-0.15, -0.1) is 0 Å². The SMILES string of the molecule is N[C@@H]1CCCN(S(=O)(=O)c2cccc3ccccc23)C1. The smallest absolute Gasteiger partial charge is 0.243 e. The molecular formula is C15H18N2O2S. The normalized spacial score (nSPS) is 21.1. The number of benzene rings is 2. The summed E-state index contributed by atoms with van der Waals surface area (Å²) in [6.07, 6.45) is 1.72. The molecule has 3 rings (SSSR count). The predicted molar refractivity (Wildman–Crippen MR) is 79.9 cm³/mol. The van der Waals surface area contributed by atoms with Gasteiger partial charge in [-0.2, -0.15) is 4.31 Å². The Morgan fingerprint density at radius 1 is 1.10 bits per heavy atom. The maximum atomic E-state index is 12.8. The molecule has 20 heavy (non-hydrogen) atoms. The van der Waals surface area contributed by atoms with E-state index in [1.807, 2.05) is 30.3 Å². The molecule has 0 spiro atoms. The molecule has 1 heterocycles. The van der Waals surface area contributed by atoms with Crippen LogP contribution in [0.3, 0.4) is 0 Å². The van der Waals surface area contributed by atoms with E-state index in [1.165, 1.54) is 4.31 Å². The van der Waals surface area contributed by atoms with Crippen LogP contribution in [0.1, 0.15) is 12.8 Å². The molecule has 0 amide bonds. The van der Waals surface area contributed by atoms with Crippen LogP contribution in [0.15, 0.2) is 47.4 Å². The summed E-state index contributed by atoms with van der Waals surface area (Å²) in [4.78, 5) is 0.379. The molecule has 0 aromatic heterocycles. The summed E-state index contributed by atoms with van der Waals surface area (Å²) in [5, 5.41) is 1.71. The average Bonchev–Trinajstić information content (AvgIpc) is 2.46. The van der Waals surface area contributed by atoms with E-state index in [-0.39, 0.29) is 6.04 Å². The number of fused-ring (bicyclic) bond motifs is 1. The van der Waals surface area contributed by atoms with Crippen molar-refractivity contribution < 1.29 is 8.42 Å². The van der Waals surface area contributed by atoms with Crippen LogP contribution in [0, 0.1) is 0 Å². The van der Waals surface area contributed by atoms with Gasteiger partial charge in [-0.1, -0.05) is 36.4 Å². The lowest BCUT2D eigenvalue weighted by molar-refractivity contribution is 0.316. The summed E-state index contributed by atoms with van der Waals surface area (Å²) in [6.45, 7) is 0.963. The molecule has 1 atom stereocenters.